The summed E-state index contributed by atoms with van der Waals surface area (Å²) in [6.07, 6.45) is 3.94. The number of halogens is 1. The first kappa shape index (κ1) is 13.0. The van der Waals surface area contributed by atoms with Gasteiger partial charge in [-0.1, -0.05) is 11.6 Å². The third-order valence-electron chi connectivity index (χ3n) is 2.17. The van der Waals surface area contributed by atoms with Crippen molar-refractivity contribution in [3.63, 3.8) is 0 Å². The lowest BCUT2D eigenvalue weighted by atomic mass is 10.3. The van der Waals surface area contributed by atoms with Crippen molar-refractivity contribution in [2.45, 2.75) is 19.4 Å². The molecule has 1 N–H and O–H groups in total. The number of carbonyl (C=O) groups is 1. The van der Waals surface area contributed by atoms with Crippen molar-refractivity contribution in [3.05, 3.63) is 17.4 Å². The van der Waals surface area contributed by atoms with Gasteiger partial charge >= 0.3 is 0 Å². The van der Waals surface area contributed by atoms with Gasteiger partial charge in [0.05, 0.1) is 11.2 Å². The van der Waals surface area contributed by atoms with Gasteiger partial charge < -0.3 is 10.1 Å². The maximum absolute atomic E-state index is 11.7. The molecule has 0 saturated carbocycles. The number of nitrogens with one attached hydrogen (secondary N) is 1. The van der Waals surface area contributed by atoms with E-state index in [1.165, 1.54) is 10.9 Å². The zero-order valence-corrected chi connectivity index (χ0v) is 10.2. The Hall–Kier alpha value is -1.07. The van der Waals surface area contributed by atoms with Gasteiger partial charge in [0, 0.05) is 26.5 Å². The van der Waals surface area contributed by atoms with Crippen LogP contribution in [0.4, 0.5) is 0 Å². The zero-order chi connectivity index (χ0) is 12.0. The third kappa shape index (κ3) is 3.83. The molecule has 1 unspecified atom stereocenters. The molecule has 0 saturated heterocycles. The Bertz CT molecular complexity index is 341. The van der Waals surface area contributed by atoms with Gasteiger partial charge in [0.15, 0.2) is 0 Å². The second-order valence-corrected chi connectivity index (χ2v) is 3.89. The van der Waals surface area contributed by atoms with Crippen molar-refractivity contribution >= 4 is 17.5 Å². The Kier molecular flexibility index (Phi) is 5.28. The maximum Gasteiger partial charge on any atom is 0.244 e. The lowest BCUT2D eigenvalue weighted by Gasteiger charge is -2.12. The van der Waals surface area contributed by atoms with E-state index in [9.17, 15) is 4.79 Å². The molecule has 5 nitrogen and oxygen atoms in total. The Morgan fingerprint density at radius 2 is 2.50 bits per heavy atom. The van der Waals surface area contributed by atoms with Gasteiger partial charge in [-0.3, -0.25) is 9.48 Å². The predicted octanol–water partition coefficient (Wildman–Crippen LogP) is 1.25. The smallest absolute Gasteiger partial charge is 0.244 e. The fourth-order valence-corrected chi connectivity index (χ4v) is 1.37. The van der Waals surface area contributed by atoms with Gasteiger partial charge in [-0.2, -0.15) is 5.10 Å². The number of nitrogens with zero attached hydrogens (tertiary/aromatic N) is 2. The summed E-state index contributed by atoms with van der Waals surface area (Å²) in [6.45, 7) is 3.02. The molecule has 0 aromatic carbocycles. The number of aromatic nitrogens is 2. The van der Waals surface area contributed by atoms with Crippen LogP contribution in [0.25, 0.3) is 0 Å². The van der Waals surface area contributed by atoms with Crippen LogP contribution in [0.3, 0.4) is 0 Å². The largest absolute Gasteiger partial charge is 0.385 e. The second kappa shape index (κ2) is 6.50. The summed E-state index contributed by atoms with van der Waals surface area (Å²) in [5.74, 6) is -0.0733. The Morgan fingerprint density at radius 1 is 1.75 bits per heavy atom. The normalized spacial score (nSPS) is 12.4. The van der Waals surface area contributed by atoms with Crippen molar-refractivity contribution in [1.29, 1.82) is 0 Å². The minimum atomic E-state index is -0.352. The number of carbonyl (C=O) groups excluding carboxylic acids is 1. The van der Waals surface area contributed by atoms with Crippen molar-refractivity contribution in [2.75, 3.05) is 20.3 Å². The van der Waals surface area contributed by atoms with E-state index >= 15 is 0 Å². The number of hydrogen-bond donors (Lipinski definition) is 1. The number of amides is 1. The molecular weight excluding hydrogens is 230 g/mol. The van der Waals surface area contributed by atoms with E-state index < -0.39 is 0 Å². The predicted molar refractivity (Wildman–Crippen MR) is 61.5 cm³/mol. The van der Waals surface area contributed by atoms with Crippen LogP contribution < -0.4 is 5.32 Å². The quantitative estimate of drug-likeness (QED) is 0.768. The molecule has 16 heavy (non-hydrogen) atoms. The molecule has 0 aliphatic carbocycles. The molecule has 1 heterocycles. The summed E-state index contributed by atoms with van der Waals surface area (Å²) in [4.78, 5) is 11.7. The Morgan fingerprint density at radius 3 is 3.06 bits per heavy atom. The Labute approximate surface area is 99.7 Å². The van der Waals surface area contributed by atoms with Gasteiger partial charge in [-0.05, 0) is 13.3 Å². The first-order valence-corrected chi connectivity index (χ1v) is 5.49. The molecule has 0 bridgehead atoms. The monoisotopic (exact) mass is 245 g/mol. The molecule has 1 atom stereocenters. The fourth-order valence-electron chi connectivity index (χ4n) is 1.22. The van der Waals surface area contributed by atoms with Crippen LogP contribution in [0, 0.1) is 0 Å². The van der Waals surface area contributed by atoms with Crippen LogP contribution in [0.2, 0.25) is 5.02 Å². The third-order valence-corrected chi connectivity index (χ3v) is 2.37. The zero-order valence-electron chi connectivity index (χ0n) is 9.44. The maximum atomic E-state index is 11.7. The van der Waals surface area contributed by atoms with Crippen LogP contribution in [0.5, 0.6) is 0 Å². The molecule has 1 amide bonds. The molecule has 0 radical (unpaired) electrons. The van der Waals surface area contributed by atoms with Crippen LogP contribution in [-0.2, 0) is 9.53 Å². The molecule has 1 aromatic heterocycles. The van der Waals surface area contributed by atoms with Gasteiger partial charge in [0.1, 0.15) is 6.04 Å². The summed E-state index contributed by atoms with van der Waals surface area (Å²) >= 11 is 5.72. The van der Waals surface area contributed by atoms with Gasteiger partial charge in [-0.25, -0.2) is 0 Å². The first-order valence-electron chi connectivity index (χ1n) is 5.11. The van der Waals surface area contributed by atoms with Gasteiger partial charge in [-0.15, -0.1) is 0 Å². The van der Waals surface area contributed by atoms with Crippen LogP contribution in [0.1, 0.15) is 19.4 Å². The van der Waals surface area contributed by atoms with E-state index in [-0.39, 0.29) is 11.9 Å². The number of hydrogen-bond acceptors (Lipinski definition) is 3. The first-order chi connectivity index (χ1) is 7.65. The Balaban J connectivity index is 2.36. The topological polar surface area (TPSA) is 56.1 Å². The van der Waals surface area contributed by atoms with Gasteiger partial charge in [0.2, 0.25) is 5.91 Å². The average Bonchev–Trinajstić information content (AvgIpc) is 2.70. The van der Waals surface area contributed by atoms with Crippen LogP contribution >= 0.6 is 11.6 Å². The summed E-state index contributed by atoms with van der Waals surface area (Å²) in [5, 5.41) is 7.31. The van der Waals surface area contributed by atoms with Crippen molar-refractivity contribution in [1.82, 2.24) is 15.1 Å². The highest BCUT2D eigenvalue weighted by atomic mass is 35.5. The van der Waals surface area contributed by atoms with Crippen LogP contribution in [-0.4, -0.2) is 35.9 Å². The minimum Gasteiger partial charge on any atom is -0.385 e. The van der Waals surface area contributed by atoms with Crippen LogP contribution in [0.15, 0.2) is 12.4 Å². The van der Waals surface area contributed by atoms with E-state index in [0.717, 1.165) is 6.42 Å². The van der Waals surface area contributed by atoms with E-state index in [0.29, 0.717) is 18.2 Å². The highest BCUT2D eigenvalue weighted by Crippen LogP contribution is 2.10. The molecule has 6 heteroatoms. The fraction of sp³-hybridized carbons (Fsp3) is 0.600. The molecule has 0 spiro atoms. The summed E-state index contributed by atoms with van der Waals surface area (Å²) in [5.41, 5.74) is 0. The molecule has 0 aliphatic rings. The molecule has 0 aliphatic heterocycles. The SMILES string of the molecule is COCCCNC(=O)C(C)n1cc(Cl)cn1. The summed E-state index contributed by atoms with van der Waals surface area (Å²) in [7, 11) is 1.64. The minimum absolute atomic E-state index is 0.0733. The number of rotatable bonds is 6. The summed E-state index contributed by atoms with van der Waals surface area (Å²) < 4.78 is 6.42. The summed E-state index contributed by atoms with van der Waals surface area (Å²) in [6, 6.07) is -0.352. The van der Waals surface area contributed by atoms with Crippen molar-refractivity contribution in [3.8, 4) is 0 Å². The molecule has 0 fully saturated rings. The molecule has 1 aromatic rings. The average molecular weight is 246 g/mol. The van der Waals surface area contributed by atoms with Crippen molar-refractivity contribution in [2.24, 2.45) is 0 Å². The lowest BCUT2D eigenvalue weighted by Crippen LogP contribution is -2.32. The van der Waals surface area contributed by atoms with Gasteiger partial charge in [0.25, 0.3) is 0 Å². The van der Waals surface area contributed by atoms with Crippen molar-refractivity contribution < 1.29 is 9.53 Å². The molecule has 90 valence electrons. The molecular formula is C10H16ClN3O2. The molecule has 1 rings (SSSR count). The highest BCUT2D eigenvalue weighted by molar-refractivity contribution is 6.30. The lowest BCUT2D eigenvalue weighted by molar-refractivity contribution is -0.124. The standard InChI is InChI=1S/C10H16ClN3O2/c1-8(14-7-9(11)6-13-14)10(15)12-4-3-5-16-2/h6-8H,3-5H2,1-2H3,(H,12,15). The van der Waals surface area contributed by atoms with E-state index in [1.54, 1.807) is 20.2 Å². The number of methoxy groups -OCH3 is 1. The van der Waals surface area contributed by atoms with E-state index in [1.807, 2.05) is 0 Å². The van der Waals surface area contributed by atoms with E-state index in [2.05, 4.69) is 10.4 Å². The second-order valence-electron chi connectivity index (χ2n) is 3.45. The highest BCUT2D eigenvalue weighted by Gasteiger charge is 2.14. The number of ether oxygens (including phenoxy) is 1. The van der Waals surface area contributed by atoms with E-state index in [4.69, 9.17) is 16.3 Å².